The van der Waals surface area contributed by atoms with Gasteiger partial charge < -0.3 is 58.3 Å². The first-order valence-corrected chi connectivity index (χ1v) is 11.9. The number of hydrogen-bond donors (Lipinski definition) is 4. The van der Waals surface area contributed by atoms with E-state index in [4.69, 9.17) is 44.1 Å². The minimum absolute atomic E-state index is 0.0870. The lowest BCUT2D eigenvalue weighted by atomic mass is 10.7. The Kier molecular flexibility index (Phi) is 54.8. The highest BCUT2D eigenvalue weighted by atomic mass is 28.1. The first-order valence-electron chi connectivity index (χ1n) is 10.8. The molecule has 1 atom stereocenters. The van der Waals surface area contributed by atoms with E-state index in [9.17, 15) is 0 Å². The number of aliphatic hydroxyl groups excluding tert-OH is 4. The van der Waals surface area contributed by atoms with E-state index in [1.165, 1.54) is 0 Å². The number of rotatable bonds is 20. The van der Waals surface area contributed by atoms with Crippen LogP contribution in [0.15, 0.2) is 0 Å². The Labute approximate surface area is 202 Å². The highest BCUT2D eigenvalue weighted by molar-refractivity contribution is 6.11. The first-order chi connectivity index (χ1) is 16.1. The van der Waals surface area contributed by atoms with Crippen molar-refractivity contribution in [3.63, 3.8) is 0 Å². The molecule has 0 saturated heterocycles. The monoisotopic (exact) mass is 510 g/mol. The van der Waals surface area contributed by atoms with Gasteiger partial charge in [-0.25, -0.2) is 0 Å². The van der Waals surface area contributed by atoms with Gasteiger partial charge in [0, 0.05) is 38.7 Å². The summed E-state index contributed by atoms with van der Waals surface area (Å²) >= 11 is 0. The summed E-state index contributed by atoms with van der Waals surface area (Å²) in [4.78, 5) is 0. The molecule has 0 saturated carbocycles. The number of methoxy groups -OCH3 is 4. The smallest absolute Gasteiger partial charge is 0.0701 e. The molecule has 4 N–H and O–H groups in total. The fraction of sp³-hybridized carbons (Fsp3) is 1.00. The first kappa shape index (κ1) is 39.9. The summed E-state index contributed by atoms with van der Waals surface area (Å²) < 4.78 is 38.5. The second-order valence-electron chi connectivity index (χ2n) is 5.83. The lowest BCUT2D eigenvalue weighted by molar-refractivity contribution is 0.0329. The van der Waals surface area contributed by atoms with Crippen molar-refractivity contribution >= 4 is 10.2 Å². The Hall–Kier alpha value is -0.263. The van der Waals surface area contributed by atoms with Gasteiger partial charge >= 0.3 is 0 Å². The van der Waals surface area contributed by atoms with Crippen molar-refractivity contribution in [1.82, 2.24) is 0 Å². The molecule has 33 heavy (non-hydrogen) atoms. The van der Waals surface area contributed by atoms with Crippen molar-refractivity contribution in [2.24, 2.45) is 0 Å². The van der Waals surface area contributed by atoms with Crippen LogP contribution in [-0.2, 0) is 37.9 Å². The van der Waals surface area contributed by atoms with Gasteiger partial charge in [-0.1, -0.05) is 0 Å². The fourth-order valence-electron chi connectivity index (χ4n) is 1.31. The summed E-state index contributed by atoms with van der Waals surface area (Å²) in [6, 6.07) is 0. The predicted molar refractivity (Wildman–Crippen MR) is 128 cm³/mol. The van der Waals surface area contributed by atoms with Crippen LogP contribution in [0.4, 0.5) is 0 Å². The largest absolute Gasteiger partial charge is 0.394 e. The average Bonchev–Trinajstić information content (AvgIpc) is 2.84. The van der Waals surface area contributed by atoms with Gasteiger partial charge in [0.25, 0.3) is 0 Å². The third kappa shape index (κ3) is 59.4. The zero-order chi connectivity index (χ0) is 25.8. The van der Waals surface area contributed by atoms with Crippen molar-refractivity contribution in [3.8, 4) is 0 Å². The molecule has 0 fully saturated rings. The second kappa shape index (κ2) is 45.3. The molecule has 0 aromatic rings. The highest BCUT2D eigenvalue weighted by Gasteiger charge is 1.96. The van der Waals surface area contributed by atoms with E-state index in [1.54, 1.807) is 28.4 Å². The summed E-state index contributed by atoms with van der Waals surface area (Å²) in [5, 5.41) is 32.9. The summed E-state index contributed by atoms with van der Waals surface area (Å²) in [7, 11) is 7.48. The molecule has 0 spiro atoms. The predicted octanol–water partition coefficient (Wildman–Crippen LogP) is -2.74. The zero-order valence-corrected chi connectivity index (χ0v) is 23.2. The van der Waals surface area contributed by atoms with Crippen molar-refractivity contribution in [1.29, 1.82) is 0 Å². The standard InChI is InChI=1S/C5H14O3Si.3C5H12O3/c1-7-5(9)4-8-3-2-6;3*1-7-4-5-8-3-2-6/h5-6H,2-4H2,1,9H3;3*6H,2-5H2,1H3. The second-order valence-corrected chi connectivity index (χ2v) is 7.12. The number of ether oxygens (including phenoxy) is 8. The van der Waals surface area contributed by atoms with Crippen molar-refractivity contribution < 1.29 is 58.3 Å². The molecule has 0 heterocycles. The molecule has 12 nitrogen and oxygen atoms in total. The fourth-order valence-corrected chi connectivity index (χ4v) is 1.54. The summed E-state index contributed by atoms with van der Waals surface area (Å²) in [6.45, 7) is 6.10. The molecule has 13 heteroatoms. The SMILES string of the molecule is COC([SiH3])COCCO.COCCOCCO.COCCOCCO.COCCOCCO. The molecule has 0 aliphatic rings. The summed E-state index contributed by atoms with van der Waals surface area (Å²) in [6.07, 6.45) is 0. The molecule has 0 aromatic heterocycles. The Morgan fingerprint density at radius 3 is 1.03 bits per heavy atom. The molecule has 0 aliphatic carbocycles. The van der Waals surface area contributed by atoms with Gasteiger partial charge in [-0.15, -0.1) is 0 Å². The van der Waals surface area contributed by atoms with Gasteiger partial charge in [-0.3, -0.25) is 0 Å². The number of aliphatic hydroxyl groups is 4. The molecule has 0 bridgehead atoms. The quantitative estimate of drug-likeness (QED) is 0.0992. The van der Waals surface area contributed by atoms with Crippen LogP contribution >= 0.6 is 0 Å². The van der Waals surface area contributed by atoms with E-state index in [-0.39, 0.29) is 32.2 Å². The average molecular weight is 511 g/mol. The molecule has 206 valence electrons. The van der Waals surface area contributed by atoms with Gasteiger partial charge in [0.1, 0.15) is 0 Å². The van der Waals surface area contributed by atoms with Crippen molar-refractivity contribution in [2.45, 2.75) is 5.73 Å². The molecule has 0 amide bonds. The van der Waals surface area contributed by atoms with Crippen LogP contribution in [0.25, 0.3) is 0 Å². The topological polar surface area (TPSA) is 155 Å². The third-order valence-corrected chi connectivity index (χ3v) is 3.80. The Bertz CT molecular complexity index is 235. The van der Waals surface area contributed by atoms with Crippen LogP contribution in [0.3, 0.4) is 0 Å². The maximum Gasteiger partial charge on any atom is 0.0701 e. The van der Waals surface area contributed by atoms with Crippen LogP contribution in [-0.4, -0.2) is 164 Å². The van der Waals surface area contributed by atoms with Crippen LogP contribution in [0.2, 0.25) is 0 Å². The van der Waals surface area contributed by atoms with Crippen LogP contribution in [0.5, 0.6) is 0 Å². The molecule has 0 aliphatic heterocycles. The normalized spacial score (nSPS) is 10.9. The van der Waals surface area contributed by atoms with Gasteiger partial charge in [-0.2, -0.15) is 0 Å². The van der Waals surface area contributed by atoms with Gasteiger partial charge in [0.15, 0.2) is 0 Å². The van der Waals surface area contributed by atoms with Crippen molar-refractivity contribution in [2.75, 3.05) is 128 Å². The van der Waals surface area contributed by atoms with Gasteiger partial charge in [0.05, 0.1) is 105 Å². The number of hydrogen-bond acceptors (Lipinski definition) is 12. The van der Waals surface area contributed by atoms with Crippen LogP contribution in [0.1, 0.15) is 0 Å². The van der Waals surface area contributed by atoms with Gasteiger partial charge in [-0.05, 0) is 0 Å². The molecular weight excluding hydrogens is 460 g/mol. The molecule has 0 radical (unpaired) electrons. The van der Waals surface area contributed by atoms with E-state index in [1.807, 2.05) is 0 Å². The maximum atomic E-state index is 8.30. The van der Waals surface area contributed by atoms with Gasteiger partial charge in [0.2, 0.25) is 0 Å². The van der Waals surface area contributed by atoms with E-state index >= 15 is 0 Å². The minimum atomic E-state index is 0.0870. The lowest BCUT2D eigenvalue weighted by Crippen LogP contribution is -2.18. The van der Waals surface area contributed by atoms with E-state index < -0.39 is 0 Å². The molecule has 0 aromatic carbocycles. The summed E-state index contributed by atoms with van der Waals surface area (Å²) in [5.74, 6) is 0. The van der Waals surface area contributed by atoms with Crippen LogP contribution < -0.4 is 0 Å². The Balaban J connectivity index is -0.000000170. The van der Waals surface area contributed by atoms with Crippen LogP contribution in [0, 0.1) is 0 Å². The van der Waals surface area contributed by atoms with Crippen molar-refractivity contribution in [3.05, 3.63) is 0 Å². The highest BCUT2D eigenvalue weighted by Crippen LogP contribution is 1.83. The zero-order valence-electron chi connectivity index (χ0n) is 21.2. The lowest BCUT2D eigenvalue weighted by Gasteiger charge is -2.08. The maximum absolute atomic E-state index is 8.30. The van der Waals surface area contributed by atoms with E-state index in [0.717, 1.165) is 10.2 Å². The third-order valence-electron chi connectivity index (χ3n) is 2.99. The Morgan fingerprint density at radius 1 is 0.485 bits per heavy atom. The molecule has 0 rings (SSSR count). The summed E-state index contributed by atoms with van der Waals surface area (Å²) in [5.41, 5.74) is 0.261. The van der Waals surface area contributed by atoms with E-state index in [0.29, 0.717) is 72.7 Å². The minimum Gasteiger partial charge on any atom is -0.394 e. The molecular formula is C20H50O12Si. The molecule has 1 unspecified atom stereocenters. The van der Waals surface area contributed by atoms with E-state index in [2.05, 4.69) is 14.2 Å². The Morgan fingerprint density at radius 2 is 0.788 bits per heavy atom.